The second-order valence-corrected chi connectivity index (χ2v) is 18.5. The van der Waals surface area contributed by atoms with E-state index in [0.717, 1.165) is 29.5 Å². The molecule has 0 bridgehead atoms. The number of aromatic nitrogens is 3. The maximum Gasteiger partial charge on any atom is 0.306 e. The van der Waals surface area contributed by atoms with Gasteiger partial charge in [0.2, 0.25) is 11.8 Å². The van der Waals surface area contributed by atoms with Crippen molar-refractivity contribution in [1.29, 1.82) is 5.26 Å². The first-order chi connectivity index (χ1) is 19.5. The number of nitrogens with zero attached hydrogens (tertiary/aromatic N) is 5. The number of nitriles is 1. The molecule has 1 fully saturated rings. The molecule has 1 aliphatic carbocycles. The molecule has 41 heavy (non-hydrogen) atoms. The second-order valence-electron chi connectivity index (χ2n) is 12.9. The Morgan fingerprint density at radius 1 is 1.22 bits per heavy atom. The maximum absolute atomic E-state index is 12.2. The van der Waals surface area contributed by atoms with E-state index < -0.39 is 8.07 Å². The summed E-state index contributed by atoms with van der Waals surface area (Å²) >= 11 is 0. The predicted molar refractivity (Wildman–Crippen MR) is 167 cm³/mol. The summed E-state index contributed by atoms with van der Waals surface area (Å²) in [5.41, 5.74) is 3.01. The minimum atomic E-state index is -1.22. The Morgan fingerprint density at radius 2 is 1.95 bits per heavy atom. The van der Waals surface area contributed by atoms with Crippen molar-refractivity contribution in [2.75, 3.05) is 30.0 Å². The van der Waals surface area contributed by atoms with Crippen LogP contribution >= 0.6 is 0 Å². The minimum absolute atomic E-state index is 0.0168. The molecule has 226 valence electrons. The lowest BCUT2D eigenvalue weighted by Gasteiger charge is -2.38. The molecule has 1 saturated carbocycles. The van der Waals surface area contributed by atoms with Crippen molar-refractivity contribution in [1.82, 2.24) is 14.8 Å². The Kier molecular flexibility index (Phi) is 12.2. The van der Waals surface area contributed by atoms with Crippen LogP contribution in [0.1, 0.15) is 83.5 Å². The van der Waals surface area contributed by atoms with E-state index in [2.05, 4.69) is 78.1 Å². The molecule has 1 aromatic carbocycles. The van der Waals surface area contributed by atoms with Crippen LogP contribution in [-0.4, -0.2) is 54.6 Å². The van der Waals surface area contributed by atoms with Crippen LogP contribution in [0.5, 0.6) is 0 Å². The Labute approximate surface area is 247 Å². The average Bonchev–Trinajstić information content (AvgIpc) is 3.31. The van der Waals surface area contributed by atoms with E-state index in [4.69, 9.17) is 9.47 Å². The molecule has 0 radical (unpaired) electrons. The quantitative estimate of drug-likeness (QED) is 0.135. The molecule has 1 aliphatic rings. The average molecular weight is 583 g/mol. The standard InChI is InChI=1S/C31H50N6O3Si/c1-8-40-30(38)18-24(4)25-14-15-28(36(21-23(2)3)26-12-10-9-11-13-26)27(19-25)33-31-34-29(20-32)37(35-31)22-39-16-17-41(5,6)7/h14-15,19,23-24,26H,8-13,16-18,21-22H2,1-7H3,(H,33,35)/t24-/m1/s1. The van der Waals surface area contributed by atoms with Crippen LogP contribution < -0.4 is 10.2 Å². The Balaban J connectivity index is 1.93. The highest BCUT2D eigenvalue weighted by atomic mass is 28.3. The first kappa shape index (κ1) is 32.6. The normalized spacial score (nSPS) is 15.0. The number of hydrogen-bond donors (Lipinski definition) is 1. The Hall–Kier alpha value is -2.90. The van der Waals surface area contributed by atoms with Crippen molar-refractivity contribution in [3.8, 4) is 6.07 Å². The van der Waals surface area contributed by atoms with Gasteiger partial charge in [0.05, 0.1) is 24.4 Å². The fourth-order valence-electron chi connectivity index (χ4n) is 5.25. The third-order valence-corrected chi connectivity index (χ3v) is 9.19. The highest BCUT2D eigenvalue weighted by Gasteiger charge is 2.26. The summed E-state index contributed by atoms with van der Waals surface area (Å²) in [7, 11) is -1.22. The van der Waals surface area contributed by atoms with Crippen molar-refractivity contribution in [2.24, 2.45) is 5.92 Å². The zero-order chi connectivity index (χ0) is 30.0. The number of carbonyl (C=O) groups is 1. The summed E-state index contributed by atoms with van der Waals surface area (Å²) in [4.78, 5) is 19.3. The maximum atomic E-state index is 12.2. The molecular weight excluding hydrogens is 532 g/mol. The summed E-state index contributed by atoms with van der Waals surface area (Å²) < 4.78 is 12.6. The third-order valence-electron chi connectivity index (χ3n) is 7.48. The Morgan fingerprint density at radius 3 is 2.59 bits per heavy atom. The van der Waals surface area contributed by atoms with Crippen molar-refractivity contribution in [2.45, 2.75) is 111 Å². The first-order valence-electron chi connectivity index (χ1n) is 15.3. The van der Waals surface area contributed by atoms with E-state index in [-0.39, 0.29) is 24.4 Å². The molecule has 1 N–H and O–H groups in total. The van der Waals surface area contributed by atoms with Crippen LogP contribution in [0.3, 0.4) is 0 Å². The smallest absolute Gasteiger partial charge is 0.306 e. The van der Waals surface area contributed by atoms with Gasteiger partial charge in [0, 0.05) is 27.3 Å². The monoisotopic (exact) mass is 582 g/mol. The van der Waals surface area contributed by atoms with Crippen LogP contribution in [0.25, 0.3) is 0 Å². The van der Waals surface area contributed by atoms with Crippen molar-refractivity contribution in [3.05, 3.63) is 29.6 Å². The minimum Gasteiger partial charge on any atom is -0.466 e. The summed E-state index contributed by atoms with van der Waals surface area (Å²) in [6, 6.07) is 10.1. The fraction of sp³-hybridized carbons (Fsp3) is 0.677. The third kappa shape index (κ3) is 10.2. The van der Waals surface area contributed by atoms with Crippen LogP contribution in [-0.2, 0) is 21.0 Å². The zero-order valence-electron chi connectivity index (χ0n) is 26.2. The summed E-state index contributed by atoms with van der Waals surface area (Å²) in [5.74, 6) is 0.843. The largest absolute Gasteiger partial charge is 0.466 e. The number of esters is 1. The van der Waals surface area contributed by atoms with Crippen molar-refractivity contribution >= 4 is 31.4 Å². The summed E-state index contributed by atoms with van der Waals surface area (Å²) in [6.45, 7) is 17.4. The lowest BCUT2D eigenvalue weighted by Crippen LogP contribution is -2.39. The molecule has 2 aromatic rings. The van der Waals surface area contributed by atoms with Crippen LogP contribution in [0.4, 0.5) is 17.3 Å². The SMILES string of the molecule is CCOC(=O)C[C@@H](C)c1ccc(N(CC(C)C)C2CCCCC2)c(Nc2nc(C#N)n(COCC[Si](C)(C)C)n2)c1. The highest BCUT2D eigenvalue weighted by molar-refractivity contribution is 6.76. The lowest BCUT2D eigenvalue weighted by atomic mass is 9.92. The number of rotatable bonds is 15. The van der Waals surface area contributed by atoms with Gasteiger partial charge < -0.3 is 19.7 Å². The van der Waals surface area contributed by atoms with Gasteiger partial charge in [0.1, 0.15) is 12.8 Å². The number of anilines is 3. The van der Waals surface area contributed by atoms with Crippen molar-refractivity contribution < 1.29 is 14.3 Å². The number of nitrogens with one attached hydrogen (secondary N) is 1. The number of ether oxygens (including phenoxy) is 2. The fourth-order valence-corrected chi connectivity index (χ4v) is 6.00. The zero-order valence-corrected chi connectivity index (χ0v) is 27.2. The van der Waals surface area contributed by atoms with Gasteiger partial charge in [0.25, 0.3) is 0 Å². The van der Waals surface area contributed by atoms with E-state index >= 15 is 0 Å². The molecule has 9 nitrogen and oxygen atoms in total. The first-order valence-corrected chi connectivity index (χ1v) is 19.0. The molecule has 3 rings (SSSR count). The molecule has 1 aromatic heterocycles. The molecular formula is C31H50N6O3Si. The van der Waals surface area contributed by atoms with Crippen LogP contribution in [0, 0.1) is 17.2 Å². The Bertz CT molecular complexity index is 1160. The number of benzene rings is 1. The highest BCUT2D eigenvalue weighted by Crippen LogP contribution is 2.37. The van der Waals surface area contributed by atoms with E-state index in [9.17, 15) is 10.1 Å². The van der Waals surface area contributed by atoms with E-state index in [1.54, 1.807) is 0 Å². The van der Waals surface area contributed by atoms with Crippen LogP contribution in [0.2, 0.25) is 25.7 Å². The molecule has 1 heterocycles. The topological polar surface area (TPSA) is 105 Å². The summed E-state index contributed by atoms with van der Waals surface area (Å²) in [6.07, 6.45) is 6.43. The predicted octanol–water partition coefficient (Wildman–Crippen LogP) is 7.06. The van der Waals surface area contributed by atoms with Gasteiger partial charge in [-0.15, -0.1) is 5.10 Å². The van der Waals surface area contributed by atoms with E-state index in [1.807, 2.05) is 13.8 Å². The van der Waals surface area contributed by atoms with Gasteiger partial charge in [-0.05, 0) is 55.3 Å². The number of hydrogen-bond acceptors (Lipinski definition) is 8. The lowest BCUT2D eigenvalue weighted by molar-refractivity contribution is -0.143. The molecule has 1 atom stereocenters. The molecule has 0 amide bonds. The number of carbonyl (C=O) groups excluding carboxylic acids is 1. The van der Waals surface area contributed by atoms with Crippen molar-refractivity contribution in [3.63, 3.8) is 0 Å². The molecule has 10 heteroatoms. The van der Waals surface area contributed by atoms with Gasteiger partial charge in [-0.25, -0.2) is 4.68 Å². The van der Waals surface area contributed by atoms with Gasteiger partial charge in [-0.1, -0.05) is 65.7 Å². The molecule has 0 spiro atoms. The van der Waals surface area contributed by atoms with Crippen LogP contribution in [0.15, 0.2) is 18.2 Å². The van der Waals surface area contributed by atoms with Gasteiger partial charge in [0.15, 0.2) is 0 Å². The summed E-state index contributed by atoms with van der Waals surface area (Å²) in [5, 5.41) is 17.8. The molecule has 0 unspecified atom stereocenters. The van der Waals surface area contributed by atoms with Gasteiger partial charge in [-0.3, -0.25) is 4.79 Å². The second kappa shape index (κ2) is 15.4. The van der Waals surface area contributed by atoms with E-state index in [0.29, 0.717) is 37.5 Å². The molecule has 0 saturated heterocycles. The van der Waals surface area contributed by atoms with Gasteiger partial charge in [-0.2, -0.15) is 10.2 Å². The van der Waals surface area contributed by atoms with Gasteiger partial charge >= 0.3 is 5.97 Å². The van der Waals surface area contributed by atoms with E-state index in [1.165, 1.54) is 36.8 Å². The molecule has 0 aliphatic heterocycles.